The number of amides is 1. The van der Waals surface area contributed by atoms with E-state index in [4.69, 9.17) is 0 Å². The Morgan fingerprint density at radius 1 is 1.36 bits per heavy atom. The first-order valence-corrected chi connectivity index (χ1v) is 6.38. The van der Waals surface area contributed by atoms with Crippen LogP contribution in [0.1, 0.15) is 46.5 Å². The van der Waals surface area contributed by atoms with Crippen molar-refractivity contribution in [2.24, 2.45) is 5.92 Å². The second kappa shape index (κ2) is 8.27. The van der Waals surface area contributed by atoms with Gasteiger partial charge in [0.2, 0.25) is 5.91 Å². The van der Waals surface area contributed by atoms with Crippen LogP contribution in [0.15, 0.2) is 0 Å². The Morgan fingerprint density at radius 2 is 2.00 bits per heavy atom. The molecular formula is C11H22BrNO. The SMILES string of the molecule is CCCC(Br)CNC(=O)CCC(C)C. The van der Waals surface area contributed by atoms with E-state index >= 15 is 0 Å². The molecule has 14 heavy (non-hydrogen) atoms. The molecule has 0 aliphatic carbocycles. The fraction of sp³-hybridized carbons (Fsp3) is 0.909. The third kappa shape index (κ3) is 8.54. The van der Waals surface area contributed by atoms with E-state index in [1.807, 2.05) is 0 Å². The third-order valence-electron chi connectivity index (χ3n) is 2.07. The smallest absolute Gasteiger partial charge is 0.220 e. The minimum atomic E-state index is 0.180. The van der Waals surface area contributed by atoms with Gasteiger partial charge in [0.15, 0.2) is 0 Å². The van der Waals surface area contributed by atoms with Crippen LogP contribution in [0.2, 0.25) is 0 Å². The van der Waals surface area contributed by atoms with E-state index in [0.717, 1.165) is 25.8 Å². The average molecular weight is 264 g/mol. The van der Waals surface area contributed by atoms with Crippen LogP contribution in [0.5, 0.6) is 0 Å². The van der Waals surface area contributed by atoms with E-state index in [1.54, 1.807) is 0 Å². The molecule has 0 aliphatic heterocycles. The molecule has 0 aromatic carbocycles. The van der Waals surface area contributed by atoms with Crippen LogP contribution in [0.4, 0.5) is 0 Å². The molecule has 1 atom stereocenters. The molecule has 0 saturated heterocycles. The van der Waals surface area contributed by atoms with Gasteiger partial charge < -0.3 is 5.32 Å². The summed E-state index contributed by atoms with van der Waals surface area (Å²) in [7, 11) is 0. The van der Waals surface area contributed by atoms with Gasteiger partial charge in [0.05, 0.1) is 0 Å². The summed E-state index contributed by atoms with van der Waals surface area (Å²) in [5.41, 5.74) is 0. The molecule has 0 saturated carbocycles. The van der Waals surface area contributed by atoms with Crippen molar-refractivity contribution in [2.75, 3.05) is 6.54 Å². The van der Waals surface area contributed by atoms with Crippen molar-refractivity contribution >= 4 is 21.8 Å². The number of nitrogens with one attached hydrogen (secondary N) is 1. The summed E-state index contributed by atoms with van der Waals surface area (Å²) in [6, 6.07) is 0. The lowest BCUT2D eigenvalue weighted by Crippen LogP contribution is -2.29. The van der Waals surface area contributed by atoms with Crippen molar-refractivity contribution in [1.29, 1.82) is 0 Å². The van der Waals surface area contributed by atoms with Crippen molar-refractivity contribution in [2.45, 2.75) is 51.3 Å². The highest BCUT2D eigenvalue weighted by Crippen LogP contribution is 2.07. The molecule has 3 heteroatoms. The average Bonchev–Trinajstić information content (AvgIpc) is 2.12. The Morgan fingerprint density at radius 3 is 2.50 bits per heavy atom. The van der Waals surface area contributed by atoms with Crippen LogP contribution in [0, 0.1) is 5.92 Å². The molecule has 1 amide bonds. The van der Waals surface area contributed by atoms with E-state index in [2.05, 4.69) is 42.0 Å². The summed E-state index contributed by atoms with van der Waals surface area (Å²) >= 11 is 3.53. The maximum atomic E-state index is 11.3. The Kier molecular flexibility index (Phi) is 8.24. The maximum absolute atomic E-state index is 11.3. The summed E-state index contributed by atoms with van der Waals surface area (Å²) in [4.78, 5) is 11.8. The van der Waals surface area contributed by atoms with E-state index in [0.29, 0.717) is 17.2 Å². The Balaban J connectivity index is 3.43. The maximum Gasteiger partial charge on any atom is 0.220 e. The zero-order valence-corrected chi connectivity index (χ0v) is 11.1. The van der Waals surface area contributed by atoms with Crippen molar-refractivity contribution in [3.05, 3.63) is 0 Å². The normalized spacial score (nSPS) is 12.9. The summed E-state index contributed by atoms with van der Waals surface area (Å²) in [5.74, 6) is 0.787. The standard InChI is InChI=1S/C11H22BrNO/c1-4-5-10(12)8-13-11(14)7-6-9(2)3/h9-10H,4-8H2,1-3H3,(H,13,14). The molecule has 0 heterocycles. The molecule has 0 aliphatic rings. The second-order valence-corrected chi connectivity index (χ2v) is 5.42. The summed E-state index contributed by atoms with van der Waals surface area (Å²) in [6.07, 6.45) is 3.90. The first kappa shape index (κ1) is 13.9. The van der Waals surface area contributed by atoms with Gasteiger partial charge in [0.1, 0.15) is 0 Å². The van der Waals surface area contributed by atoms with Crippen molar-refractivity contribution in [1.82, 2.24) is 5.32 Å². The van der Waals surface area contributed by atoms with Gasteiger partial charge in [0.25, 0.3) is 0 Å². The molecule has 0 rings (SSSR count). The number of alkyl halides is 1. The van der Waals surface area contributed by atoms with Gasteiger partial charge >= 0.3 is 0 Å². The highest BCUT2D eigenvalue weighted by Gasteiger charge is 2.06. The van der Waals surface area contributed by atoms with Crippen LogP contribution in [0.25, 0.3) is 0 Å². The van der Waals surface area contributed by atoms with Crippen molar-refractivity contribution in [3.8, 4) is 0 Å². The number of carbonyl (C=O) groups excluding carboxylic acids is 1. The van der Waals surface area contributed by atoms with Gasteiger partial charge in [0, 0.05) is 17.8 Å². The van der Waals surface area contributed by atoms with Crippen LogP contribution in [-0.2, 0) is 4.79 Å². The highest BCUT2D eigenvalue weighted by molar-refractivity contribution is 9.09. The number of hydrogen-bond acceptors (Lipinski definition) is 1. The monoisotopic (exact) mass is 263 g/mol. The van der Waals surface area contributed by atoms with Gasteiger partial charge in [-0.2, -0.15) is 0 Å². The number of carbonyl (C=O) groups is 1. The molecule has 0 aromatic rings. The van der Waals surface area contributed by atoms with Crippen LogP contribution in [0.3, 0.4) is 0 Å². The fourth-order valence-corrected chi connectivity index (χ4v) is 1.77. The van der Waals surface area contributed by atoms with E-state index in [1.165, 1.54) is 0 Å². The van der Waals surface area contributed by atoms with E-state index < -0.39 is 0 Å². The molecule has 0 spiro atoms. The quantitative estimate of drug-likeness (QED) is 0.703. The lowest BCUT2D eigenvalue weighted by atomic mass is 10.1. The number of hydrogen-bond donors (Lipinski definition) is 1. The van der Waals surface area contributed by atoms with Crippen molar-refractivity contribution in [3.63, 3.8) is 0 Å². The topological polar surface area (TPSA) is 29.1 Å². The molecule has 1 unspecified atom stereocenters. The molecule has 0 fully saturated rings. The van der Waals surface area contributed by atoms with Gasteiger partial charge in [-0.3, -0.25) is 4.79 Å². The minimum Gasteiger partial charge on any atom is -0.355 e. The summed E-state index contributed by atoms with van der Waals surface area (Å²) in [5, 5.41) is 2.94. The molecule has 0 aromatic heterocycles. The first-order chi connectivity index (χ1) is 6.56. The van der Waals surface area contributed by atoms with Gasteiger partial charge in [-0.1, -0.05) is 43.1 Å². The molecule has 2 nitrogen and oxygen atoms in total. The van der Waals surface area contributed by atoms with Crippen LogP contribution in [-0.4, -0.2) is 17.3 Å². The third-order valence-corrected chi connectivity index (χ3v) is 2.85. The molecule has 0 bridgehead atoms. The number of halogens is 1. The fourth-order valence-electron chi connectivity index (χ4n) is 1.15. The molecule has 1 N–H and O–H groups in total. The Labute approximate surface area is 96.0 Å². The predicted octanol–water partition coefficient (Wildman–Crippen LogP) is 3.10. The van der Waals surface area contributed by atoms with E-state index in [9.17, 15) is 4.79 Å². The first-order valence-electron chi connectivity index (χ1n) is 5.47. The summed E-state index contributed by atoms with van der Waals surface area (Å²) < 4.78 is 0. The van der Waals surface area contributed by atoms with E-state index in [-0.39, 0.29) is 5.91 Å². The lowest BCUT2D eigenvalue weighted by Gasteiger charge is -2.10. The highest BCUT2D eigenvalue weighted by atomic mass is 79.9. The Hall–Kier alpha value is -0.0500. The largest absolute Gasteiger partial charge is 0.355 e. The van der Waals surface area contributed by atoms with Crippen LogP contribution >= 0.6 is 15.9 Å². The zero-order chi connectivity index (χ0) is 11.0. The minimum absolute atomic E-state index is 0.180. The number of rotatable bonds is 7. The lowest BCUT2D eigenvalue weighted by molar-refractivity contribution is -0.121. The van der Waals surface area contributed by atoms with Gasteiger partial charge in [-0.25, -0.2) is 0 Å². The molecular weight excluding hydrogens is 242 g/mol. The van der Waals surface area contributed by atoms with Crippen LogP contribution < -0.4 is 5.32 Å². The molecule has 0 radical (unpaired) electrons. The Bertz CT molecular complexity index is 159. The molecule has 84 valence electrons. The zero-order valence-electron chi connectivity index (χ0n) is 9.48. The van der Waals surface area contributed by atoms with Crippen molar-refractivity contribution < 1.29 is 4.79 Å². The van der Waals surface area contributed by atoms with Gasteiger partial charge in [-0.05, 0) is 18.8 Å². The predicted molar refractivity (Wildman–Crippen MR) is 64.7 cm³/mol. The second-order valence-electron chi connectivity index (χ2n) is 4.12. The van der Waals surface area contributed by atoms with Gasteiger partial charge in [-0.15, -0.1) is 0 Å². The summed E-state index contributed by atoms with van der Waals surface area (Å²) in [6.45, 7) is 7.18.